The minimum Gasteiger partial charge on any atom is -0.383 e. The van der Waals surface area contributed by atoms with Gasteiger partial charge < -0.3 is 15.8 Å². The van der Waals surface area contributed by atoms with Crippen molar-refractivity contribution in [3.8, 4) is 0 Å². The molecular formula is C8H18N2O2S. The number of hydrogen-bond donors (Lipinski definition) is 2. The molecule has 1 atom stereocenters. The van der Waals surface area contributed by atoms with E-state index >= 15 is 0 Å². The largest absolute Gasteiger partial charge is 0.383 e. The summed E-state index contributed by atoms with van der Waals surface area (Å²) in [6.07, 6.45) is 0. The van der Waals surface area contributed by atoms with Gasteiger partial charge in [0.15, 0.2) is 0 Å². The van der Waals surface area contributed by atoms with Crippen LogP contribution in [0.3, 0.4) is 0 Å². The average molecular weight is 206 g/mol. The van der Waals surface area contributed by atoms with Gasteiger partial charge in [-0.15, -0.1) is 11.8 Å². The number of hydrogen-bond acceptors (Lipinski definition) is 4. The minimum atomic E-state index is 0.0438. The molecule has 5 heteroatoms. The van der Waals surface area contributed by atoms with Crippen molar-refractivity contribution in [3.63, 3.8) is 0 Å². The predicted molar refractivity (Wildman–Crippen MR) is 55.9 cm³/mol. The number of nitrogens with one attached hydrogen (secondary N) is 1. The Kier molecular flexibility index (Phi) is 8.18. The zero-order valence-electron chi connectivity index (χ0n) is 8.21. The summed E-state index contributed by atoms with van der Waals surface area (Å²) < 4.78 is 4.80. The molecule has 13 heavy (non-hydrogen) atoms. The predicted octanol–water partition coefficient (Wildman–Crippen LogP) is -0.171. The summed E-state index contributed by atoms with van der Waals surface area (Å²) >= 11 is 1.56. The highest BCUT2D eigenvalue weighted by Gasteiger charge is 2.04. The van der Waals surface area contributed by atoms with E-state index in [1.165, 1.54) is 0 Å². The van der Waals surface area contributed by atoms with Gasteiger partial charge in [-0.25, -0.2) is 0 Å². The fourth-order valence-electron chi connectivity index (χ4n) is 0.630. The molecule has 0 bridgehead atoms. The van der Waals surface area contributed by atoms with Gasteiger partial charge in [-0.05, 0) is 0 Å². The smallest absolute Gasteiger partial charge is 0.230 e. The van der Waals surface area contributed by atoms with Crippen molar-refractivity contribution in [2.24, 2.45) is 5.73 Å². The minimum absolute atomic E-state index is 0.0438. The van der Waals surface area contributed by atoms with Crippen LogP contribution < -0.4 is 11.1 Å². The Balaban J connectivity index is 3.30. The molecule has 0 aliphatic rings. The van der Waals surface area contributed by atoms with E-state index < -0.39 is 0 Å². The maximum Gasteiger partial charge on any atom is 0.230 e. The van der Waals surface area contributed by atoms with E-state index in [2.05, 4.69) is 5.32 Å². The number of ether oxygens (including phenoxy) is 1. The molecule has 3 N–H and O–H groups in total. The van der Waals surface area contributed by atoms with Crippen LogP contribution in [0.4, 0.5) is 0 Å². The van der Waals surface area contributed by atoms with Gasteiger partial charge in [0.1, 0.15) is 0 Å². The summed E-state index contributed by atoms with van der Waals surface area (Å²) in [7, 11) is 1.61. The topological polar surface area (TPSA) is 64.3 Å². The fourth-order valence-corrected chi connectivity index (χ4v) is 1.30. The van der Waals surface area contributed by atoms with Gasteiger partial charge in [0, 0.05) is 25.4 Å². The summed E-state index contributed by atoms with van der Waals surface area (Å²) in [6.45, 7) is 3.75. The molecule has 0 rings (SSSR count). The number of rotatable bonds is 7. The fraction of sp³-hybridized carbons (Fsp3) is 0.875. The summed E-state index contributed by atoms with van der Waals surface area (Å²) in [6, 6.07) is 0. The van der Waals surface area contributed by atoms with Gasteiger partial charge in [-0.2, -0.15) is 0 Å². The third-order valence-corrected chi connectivity index (χ3v) is 2.65. The number of thioether (sulfide) groups is 1. The standard InChI is InChI=1S/C8H18N2O2S/c1-7(5-9)13-6-8(11)10-3-4-12-2/h7H,3-6,9H2,1-2H3,(H,10,11). The maximum absolute atomic E-state index is 11.1. The van der Waals surface area contributed by atoms with Crippen molar-refractivity contribution in [1.82, 2.24) is 5.32 Å². The van der Waals surface area contributed by atoms with E-state index in [9.17, 15) is 4.79 Å². The van der Waals surface area contributed by atoms with Crippen LogP contribution in [0.5, 0.6) is 0 Å². The van der Waals surface area contributed by atoms with Crippen molar-refractivity contribution < 1.29 is 9.53 Å². The van der Waals surface area contributed by atoms with Gasteiger partial charge >= 0.3 is 0 Å². The van der Waals surface area contributed by atoms with Crippen LogP contribution in [0.2, 0.25) is 0 Å². The Hall–Kier alpha value is -0.260. The van der Waals surface area contributed by atoms with Gasteiger partial charge in [0.05, 0.1) is 12.4 Å². The summed E-state index contributed by atoms with van der Waals surface area (Å²) in [4.78, 5) is 11.1. The molecule has 0 saturated carbocycles. The van der Waals surface area contributed by atoms with Crippen molar-refractivity contribution in [2.45, 2.75) is 12.2 Å². The highest BCUT2D eigenvalue weighted by molar-refractivity contribution is 8.00. The lowest BCUT2D eigenvalue weighted by Gasteiger charge is -2.08. The van der Waals surface area contributed by atoms with E-state index in [0.717, 1.165) is 0 Å². The zero-order chi connectivity index (χ0) is 10.1. The molecule has 0 aliphatic carbocycles. The number of methoxy groups -OCH3 is 1. The molecule has 1 amide bonds. The zero-order valence-corrected chi connectivity index (χ0v) is 9.02. The van der Waals surface area contributed by atoms with Crippen molar-refractivity contribution in [2.75, 3.05) is 32.6 Å². The van der Waals surface area contributed by atoms with Gasteiger partial charge in [-0.3, -0.25) is 4.79 Å². The number of carbonyl (C=O) groups is 1. The Morgan fingerprint density at radius 2 is 2.38 bits per heavy atom. The van der Waals surface area contributed by atoms with Crippen LogP contribution in [0.1, 0.15) is 6.92 Å². The van der Waals surface area contributed by atoms with E-state index in [4.69, 9.17) is 10.5 Å². The van der Waals surface area contributed by atoms with E-state index in [0.29, 0.717) is 30.7 Å². The van der Waals surface area contributed by atoms with Gasteiger partial charge in [0.25, 0.3) is 0 Å². The molecule has 4 nitrogen and oxygen atoms in total. The monoisotopic (exact) mass is 206 g/mol. The lowest BCUT2D eigenvalue weighted by Crippen LogP contribution is -2.29. The Morgan fingerprint density at radius 1 is 1.69 bits per heavy atom. The summed E-state index contributed by atoms with van der Waals surface area (Å²) in [5.41, 5.74) is 5.41. The quantitative estimate of drug-likeness (QED) is 0.568. The van der Waals surface area contributed by atoms with Crippen LogP contribution in [0.15, 0.2) is 0 Å². The number of nitrogens with two attached hydrogens (primary N) is 1. The normalized spacial score (nSPS) is 12.5. The number of carbonyl (C=O) groups excluding carboxylic acids is 1. The van der Waals surface area contributed by atoms with Gasteiger partial charge in [-0.1, -0.05) is 6.92 Å². The van der Waals surface area contributed by atoms with Gasteiger partial charge in [0.2, 0.25) is 5.91 Å². The Bertz CT molecular complexity index is 144. The third kappa shape index (κ3) is 8.08. The molecule has 0 heterocycles. The molecule has 0 radical (unpaired) electrons. The first kappa shape index (κ1) is 12.7. The summed E-state index contributed by atoms with van der Waals surface area (Å²) in [5.74, 6) is 0.518. The van der Waals surface area contributed by atoms with E-state index in [-0.39, 0.29) is 5.91 Å². The molecule has 0 spiro atoms. The SMILES string of the molecule is COCCNC(=O)CSC(C)CN. The first-order valence-corrected chi connectivity index (χ1v) is 5.33. The Labute approximate surface area is 83.6 Å². The maximum atomic E-state index is 11.1. The lowest BCUT2D eigenvalue weighted by molar-refractivity contribution is -0.118. The van der Waals surface area contributed by atoms with E-state index in [1.54, 1.807) is 18.9 Å². The molecule has 1 unspecified atom stereocenters. The lowest BCUT2D eigenvalue weighted by atomic mass is 10.5. The molecule has 0 fully saturated rings. The molecule has 0 aromatic heterocycles. The van der Waals surface area contributed by atoms with Crippen LogP contribution in [0, 0.1) is 0 Å². The van der Waals surface area contributed by atoms with Crippen molar-refractivity contribution in [3.05, 3.63) is 0 Å². The average Bonchev–Trinajstić information content (AvgIpc) is 2.14. The second-order valence-corrected chi connectivity index (χ2v) is 4.13. The molecule has 0 aliphatic heterocycles. The first-order valence-electron chi connectivity index (χ1n) is 4.28. The second kappa shape index (κ2) is 8.34. The second-order valence-electron chi connectivity index (χ2n) is 2.70. The Morgan fingerprint density at radius 3 is 2.92 bits per heavy atom. The molecule has 78 valence electrons. The van der Waals surface area contributed by atoms with Crippen molar-refractivity contribution >= 4 is 17.7 Å². The van der Waals surface area contributed by atoms with E-state index in [1.807, 2.05) is 6.92 Å². The first-order chi connectivity index (χ1) is 6.20. The van der Waals surface area contributed by atoms with Crippen LogP contribution in [0.25, 0.3) is 0 Å². The van der Waals surface area contributed by atoms with Crippen LogP contribution in [-0.2, 0) is 9.53 Å². The molecular weight excluding hydrogens is 188 g/mol. The molecule has 0 aromatic carbocycles. The third-order valence-electron chi connectivity index (χ3n) is 1.46. The van der Waals surface area contributed by atoms with Crippen LogP contribution in [-0.4, -0.2) is 43.7 Å². The molecule has 0 saturated heterocycles. The summed E-state index contributed by atoms with van der Waals surface area (Å²) in [5, 5.41) is 3.08. The number of amides is 1. The highest BCUT2D eigenvalue weighted by atomic mass is 32.2. The van der Waals surface area contributed by atoms with Crippen LogP contribution >= 0.6 is 11.8 Å². The van der Waals surface area contributed by atoms with Crippen molar-refractivity contribution in [1.29, 1.82) is 0 Å². The molecule has 0 aromatic rings. The highest BCUT2D eigenvalue weighted by Crippen LogP contribution is 2.07.